The Morgan fingerprint density at radius 1 is 1.47 bits per heavy atom. The molecule has 19 heavy (non-hydrogen) atoms. The maximum Gasteiger partial charge on any atom is 1.00 e. The van der Waals surface area contributed by atoms with E-state index >= 15 is 0 Å². The van der Waals surface area contributed by atoms with Gasteiger partial charge in [-0.3, -0.25) is 4.79 Å². The fourth-order valence-corrected chi connectivity index (χ4v) is 1.84. The maximum absolute atomic E-state index is 11.8. The van der Waals surface area contributed by atoms with Crippen molar-refractivity contribution >= 4 is 12.1 Å². The van der Waals surface area contributed by atoms with Crippen molar-refractivity contribution in [3.05, 3.63) is 18.2 Å². The average molecular weight is 256 g/mol. The second-order valence-electron chi connectivity index (χ2n) is 5.88. The number of rotatable bonds is 5. The predicted octanol–water partition coefficient (Wildman–Crippen LogP) is 0.132. The van der Waals surface area contributed by atoms with Gasteiger partial charge in [0.1, 0.15) is 0 Å². The van der Waals surface area contributed by atoms with E-state index in [1.807, 2.05) is 33.2 Å². The van der Waals surface area contributed by atoms with Gasteiger partial charge in [-0.2, -0.15) is 0 Å². The van der Waals surface area contributed by atoms with Crippen LogP contribution in [0.3, 0.4) is 0 Å². The molecule has 4 heteroatoms. The molecular formula is C15H25LiN2O. The first kappa shape index (κ1) is 18.3. The molecule has 0 aliphatic carbocycles. The summed E-state index contributed by atoms with van der Waals surface area (Å²) in [6.45, 7) is 8.59. The van der Waals surface area contributed by atoms with Gasteiger partial charge in [-0.1, -0.05) is 52.5 Å². The molecule has 0 aromatic carbocycles. The Labute approximate surface area is 129 Å². The van der Waals surface area contributed by atoms with Gasteiger partial charge >= 0.3 is 18.9 Å². The summed E-state index contributed by atoms with van der Waals surface area (Å²) in [6.07, 6.45) is 9.43. The first-order valence-corrected chi connectivity index (χ1v) is 6.79. The van der Waals surface area contributed by atoms with Crippen molar-refractivity contribution in [2.24, 2.45) is 16.3 Å². The third-order valence-corrected chi connectivity index (χ3v) is 3.12. The van der Waals surface area contributed by atoms with Crippen LogP contribution in [0, 0.1) is 17.8 Å². The molecule has 0 radical (unpaired) electrons. The van der Waals surface area contributed by atoms with Gasteiger partial charge in [0, 0.05) is 18.2 Å². The number of nitrogens with one attached hydrogen (secondary N) is 1. The molecule has 0 saturated carbocycles. The first-order valence-electron chi connectivity index (χ1n) is 6.79. The van der Waals surface area contributed by atoms with Crippen LogP contribution in [0.2, 0.25) is 0 Å². The molecule has 0 saturated heterocycles. The molecule has 3 nitrogen and oxygen atoms in total. The van der Waals surface area contributed by atoms with E-state index in [1.165, 1.54) is 18.4 Å². The van der Waals surface area contributed by atoms with Crippen molar-refractivity contribution < 1.29 is 23.7 Å². The Balaban J connectivity index is 0.00000324. The van der Waals surface area contributed by atoms with Crippen molar-refractivity contribution in [2.45, 2.75) is 47.0 Å². The molecule has 0 aromatic rings. The van der Waals surface area contributed by atoms with Crippen LogP contribution in [0.4, 0.5) is 0 Å². The summed E-state index contributed by atoms with van der Waals surface area (Å²) < 4.78 is 0. The van der Waals surface area contributed by atoms with E-state index in [-0.39, 0.29) is 30.2 Å². The van der Waals surface area contributed by atoms with Gasteiger partial charge in [0.15, 0.2) is 0 Å². The fraction of sp³-hybridized carbons (Fsp3) is 0.667. The second kappa shape index (κ2) is 8.50. The summed E-state index contributed by atoms with van der Waals surface area (Å²) in [7, 11) is 0. The summed E-state index contributed by atoms with van der Waals surface area (Å²) in [4.78, 5) is 16.0. The topological polar surface area (TPSA) is 41.5 Å². The first-order chi connectivity index (χ1) is 8.45. The number of aliphatic imine (C=N–C) groups is 1. The summed E-state index contributed by atoms with van der Waals surface area (Å²) in [5.41, 5.74) is 0.879. The average Bonchev–Trinajstić information content (AvgIpc) is 2.33. The molecule has 1 N–H and O–H groups in total. The van der Waals surface area contributed by atoms with Gasteiger partial charge in [0.2, 0.25) is 5.91 Å². The Hall–Kier alpha value is -0.653. The zero-order chi connectivity index (χ0) is 13.6. The molecule has 1 amide bonds. The molecule has 1 heterocycles. The second-order valence-corrected chi connectivity index (χ2v) is 5.88. The van der Waals surface area contributed by atoms with Gasteiger partial charge < -0.3 is 16.7 Å². The van der Waals surface area contributed by atoms with E-state index in [2.05, 4.69) is 23.7 Å². The fourth-order valence-electron chi connectivity index (χ4n) is 1.84. The summed E-state index contributed by atoms with van der Waals surface area (Å²) in [5, 5.41) is 3.00. The van der Waals surface area contributed by atoms with Gasteiger partial charge in [0.05, 0.1) is 0 Å². The third-order valence-electron chi connectivity index (χ3n) is 3.12. The molecule has 0 bridgehead atoms. The Bertz CT molecular complexity index is 343. The Kier molecular flexibility index (Phi) is 8.21. The van der Waals surface area contributed by atoms with E-state index in [0.29, 0.717) is 12.5 Å². The van der Waals surface area contributed by atoms with Crippen LogP contribution < -0.4 is 24.2 Å². The summed E-state index contributed by atoms with van der Waals surface area (Å²) >= 11 is 0. The smallest absolute Gasteiger partial charge is 0.352 e. The monoisotopic (exact) mass is 256 g/mol. The minimum absolute atomic E-state index is 0. The normalized spacial score (nSPS) is 18.1. The van der Waals surface area contributed by atoms with Crippen LogP contribution in [0.5, 0.6) is 0 Å². The van der Waals surface area contributed by atoms with Gasteiger partial charge in [-0.25, -0.2) is 0 Å². The molecule has 1 aliphatic rings. The standard InChI is InChI=1S/C15H25N2O.Li/c1-5-6-7-12-8-9-16-10-13(12)11-17-14(18)15(2,3)4;/h8-10,12H,5-7,11H2,1-4H3,(H,17,18);/q-1;+1. The number of hydrogen-bond donors (Lipinski definition) is 1. The third kappa shape index (κ3) is 6.36. The van der Waals surface area contributed by atoms with E-state index in [1.54, 1.807) is 0 Å². The molecule has 1 aliphatic heterocycles. The van der Waals surface area contributed by atoms with E-state index in [4.69, 9.17) is 0 Å². The molecule has 0 fully saturated rings. The van der Waals surface area contributed by atoms with Crippen molar-refractivity contribution in [2.75, 3.05) is 6.54 Å². The van der Waals surface area contributed by atoms with Crippen LogP contribution in [0.1, 0.15) is 47.0 Å². The van der Waals surface area contributed by atoms with Crippen molar-refractivity contribution in [3.63, 3.8) is 0 Å². The molecule has 1 unspecified atom stereocenters. The van der Waals surface area contributed by atoms with E-state index in [0.717, 1.165) is 6.42 Å². The van der Waals surface area contributed by atoms with Crippen molar-refractivity contribution in [3.8, 4) is 0 Å². The zero-order valence-electron chi connectivity index (χ0n) is 13.0. The Morgan fingerprint density at radius 2 is 2.16 bits per heavy atom. The summed E-state index contributed by atoms with van der Waals surface area (Å²) in [6, 6.07) is 0. The number of carbonyl (C=O) groups excluding carboxylic acids is 1. The van der Waals surface area contributed by atoms with Crippen LogP contribution in [0.15, 0.2) is 16.8 Å². The predicted molar refractivity (Wildman–Crippen MR) is 76.4 cm³/mol. The summed E-state index contributed by atoms with van der Waals surface area (Å²) in [5.74, 6) is 0.523. The minimum Gasteiger partial charge on any atom is -0.352 e. The van der Waals surface area contributed by atoms with Crippen LogP contribution >= 0.6 is 0 Å². The van der Waals surface area contributed by atoms with Crippen LogP contribution in [0.25, 0.3) is 0 Å². The number of unbranched alkanes of at least 4 members (excludes halogenated alkanes) is 1. The van der Waals surface area contributed by atoms with Gasteiger partial charge in [0.25, 0.3) is 0 Å². The molecule has 1 atom stereocenters. The maximum atomic E-state index is 11.8. The minimum atomic E-state index is -0.332. The number of carbonyl (C=O) groups is 1. The molecule has 1 rings (SSSR count). The largest absolute Gasteiger partial charge is 1.00 e. The Morgan fingerprint density at radius 3 is 2.74 bits per heavy atom. The van der Waals surface area contributed by atoms with Crippen molar-refractivity contribution in [1.82, 2.24) is 5.32 Å². The number of amides is 1. The van der Waals surface area contributed by atoms with Gasteiger partial charge in [-0.15, -0.1) is 12.1 Å². The zero-order valence-corrected chi connectivity index (χ0v) is 13.0. The van der Waals surface area contributed by atoms with E-state index in [9.17, 15) is 4.79 Å². The van der Waals surface area contributed by atoms with Crippen LogP contribution in [-0.4, -0.2) is 18.7 Å². The SMILES string of the molecule is CCCCC1[CH-]C=NC=C1CNC(=O)C(C)(C)C.[Li+]. The number of nitrogens with zero attached hydrogens (tertiary/aromatic N) is 1. The number of hydrogen-bond acceptors (Lipinski definition) is 2. The molecule has 102 valence electrons. The molecular weight excluding hydrogens is 231 g/mol. The van der Waals surface area contributed by atoms with Crippen molar-refractivity contribution in [1.29, 1.82) is 0 Å². The van der Waals surface area contributed by atoms with Gasteiger partial charge in [-0.05, 0) is 0 Å². The van der Waals surface area contributed by atoms with E-state index < -0.39 is 0 Å². The molecule has 0 aromatic heterocycles. The van der Waals surface area contributed by atoms with Crippen LogP contribution in [-0.2, 0) is 4.79 Å². The molecule has 0 spiro atoms. The quantitative estimate of drug-likeness (QED) is 0.551.